The summed E-state index contributed by atoms with van der Waals surface area (Å²) < 4.78 is 14.7. The summed E-state index contributed by atoms with van der Waals surface area (Å²) in [5, 5.41) is 0. The lowest BCUT2D eigenvalue weighted by molar-refractivity contribution is 0.657. The van der Waals surface area contributed by atoms with Crippen LogP contribution in [0.15, 0.2) is 29.2 Å². The second-order valence-electron chi connectivity index (χ2n) is 3.41. The maximum atomic E-state index is 11.7. The standard InChI is InChI=1S/C11H18N2OS/c1-2-3-6-9-13-15(14)11-8-5-4-7-10(11)12/h4-5,7-8,13H,2-3,6,9,12H2,1H3. The minimum absolute atomic E-state index is 0.582. The third kappa shape index (κ3) is 4.01. The molecule has 0 bridgehead atoms. The number of para-hydroxylation sites is 1. The van der Waals surface area contributed by atoms with Crippen LogP contribution in [0, 0.1) is 0 Å². The monoisotopic (exact) mass is 226 g/mol. The van der Waals surface area contributed by atoms with Crippen LogP contribution < -0.4 is 10.5 Å². The minimum Gasteiger partial charge on any atom is -0.398 e. The Morgan fingerprint density at radius 3 is 2.73 bits per heavy atom. The second-order valence-corrected chi connectivity index (χ2v) is 4.67. The van der Waals surface area contributed by atoms with Crippen LogP contribution in [-0.2, 0) is 11.0 Å². The first-order valence-corrected chi connectivity index (χ1v) is 6.40. The van der Waals surface area contributed by atoms with Crippen LogP contribution in [0.1, 0.15) is 26.2 Å². The predicted octanol–water partition coefficient (Wildman–Crippen LogP) is 2.07. The van der Waals surface area contributed by atoms with Gasteiger partial charge in [-0.05, 0) is 18.6 Å². The molecule has 0 saturated carbocycles. The smallest absolute Gasteiger partial charge is 0.126 e. The van der Waals surface area contributed by atoms with Crippen molar-refractivity contribution in [1.82, 2.24) is 4.72 Å². The maximum Gasteiger partial charge on any atom is 0.126 e. The molecule has 0 amide bonds. The SMILES string of the molecule is CCCCCNS(=O)c1ccccc1N. The average Bonchev–Trinajstić information content (AvgIpc) is 2.25. The Kier molecular flexibility index (Phi) is 5.36. The van der Waals surface area contributed by atoms with E-state index in [4.69, 9.17) is 5.73 Å². The van der Waals surface area contributed by atoms with Crippen LogP contribution in [0.2, 0.25) is 0 Å². The average molecular weight is 226 g/mol. The van der Waals surface area contributed by atoms with Gasteiger partial charge in [0.05, 0.1) is 4.90 Å². The molecular formula is C11H18N2OS. The fourth-order valence-corrected chi connectivity index (χ4v) is 2.24. The Hall–Kier alpha value is -0.870. The molecule has 0 fully saturated rings. The summed E-state index contributed by atoms with van der Waals surface area (Å²) >= 11 is 0. The molecule has 15 heavy (non-hydrogen) atoms. The van der Waals surface area contributed by atoms with Crippen molar-refractivity contribution in [2.24, 2.45) is 0 Å². The summed E-state index contributed by atoms with van der Waals surface area (Å²) in [7, 11) is -1.17. The highest BCUT2D eigenvalue weighted by atomic mass is 32.2. The zero-order chi connectivity index (χ0) is 11.1. The second kappa shape index (κ2) is 6.58. The van der Waals surface area contributed by atoms with Gasteiger partial charge in [-0.1, -0.05) is 31.9 Å². The van der Waals surface area contributed by atoms with Crippen molar-refractivity contribution in [3.63, 3.8) is 0 Å². The zero-order valence-corrected chi connectivity index (χ0v) is 9.85. The third-order valence-corrected chi connectivity index (χ3v) is 3.37. The number of benzene rings is 1. The molecule has 3 nitrogen and oxygen atoms in total. The van der Waals surface area contributed by atoms with E-state index in [0.29, 0.717) is 10.6 Å². The first-order valence-electron chi connectivity index (χ1n) is 5.25. The van der Waals surface area contributed by atoms with Crippen LogP contribution >= 0.6 is 0 Å². The van der Waals surface area contributed by atoms with Crippen LogP contribution in [0.5, 0.6) is 0 Å². The third-order valence-electron chi connectivity index (χ3n) is 2.13. The molecule has 0 aliphatic carbocycles. The predicted molar refractivity (Wildman–Crippen MR) is 64.8 cm³/mol. The number of hydrogen-bond acceptors (Lipinski definition) is 2. The lowest BCUT2D eigenvalue weighted by Gasteiger charge is -2.06. The highest BCUT2D eigenvalue weighted by Crippen LogP contribution is 2.13. The number of unbranched alkanes of at least 4 members (excludes halogenated alkanes) is 2. The number of hydrogen-bond donors (Lipinski definition) is 2. The van der Waals surface area contributed by atoms with Crippen molar-refractivity contribution >= 4 is 16.7 Å². The molecule has 4 heteroatoms. The van der Waals surface area contributed by atoms with Crippen molar-refractivity contribution in [2.75, 3.05) is 12.3 Å². The summed E-state index contributed by atoms with van der Waals surface area (Å²) in [6.45, 7) is 2.92. The van der Waals surface area contributed by atoms with Crippen LogP contribution in [0.4, 0.5) is 5.69 Å². The van der Waals surface area contributed by atoms with Gasteiger partial charge in [0, 0.05) is 12.2 Å². The summed E-state index contributed by atoms with van der Waals surface area (Å²) in [5.74, 6) is 0. The van der Waals surface area contributed by atoms with E-state index in [9.17, 15) is 4.21 Å². The van der Waals surface area contributed by atoms with Gasteiger partial charge in [-0.25, -0.2) is 8.93 Å². The quantitative estimate of drug-likeness (QED) is 0.576. The van der Waals surface area contributed by atoms with E-state index in [1.807, 2.05) is 12.1 Å². The number of rotatable bonds is 6. The number of nitrogen functional groups attached to an aromatic ring is 1. The normalized spacial score (nSPS) is 12.6. The Bertz CT molecular complexity index is 328. The molecule has 1 unspecified atom stereocenters. The lowest BCUT2D eigenvalue weighted by atomic mass is 10.3. The Labute approximate surface area is 93.7 Å². The Morgan fingerprint density at radius 1 is 1.33 bits per heavy atom. The first kappa shape index (κ1) is 12.2. The Morgan fingerprint density at radius 2 is 2.07 bits per heavy atom. The van der Waals surface area contributed by atoms with Crippen LogP contribution in [-0.4, -0.2) is 10.8 Å². The van der Waals surface area contributed by atoms with Gasteiger partial charge in [0.25, 0.3) is 0 Å². The van der Waals surface area contributed by atoms with E-state index in [1.54, 1.807) is 12.1 Å². The highest BCUT2D eigenvalue weighted by Gasteiger charge is 2.05. The molecule has 1 aromatic rings. The summed E-state index contributed by atoms with van der Waals surface area (Å²) in [6.07, 6.45) is 3.38. The van der Waals surface area contributed by atoms with Crippen LogP contribution in [0.3, 0.4) is 0 Å². The molecule has 1 atom stereocenters. The fraction of sp³-hybridized carbons (Fsp3) is 0.455. The molecule has 0 aliphatic heterocycles. The number of nitrogens with one attached hydrogen (secondary N) is 1. The van der Waals surface area contributed by atoms with E-state index < -0.39 is 11.0 Å². The fourth-order valence-electron chi connectivity index (χ4n) is 1.27. The molecule has 0 saturated heterocycles. The molecular weight excluding hydrogens is 208 g/mol. The van der Waals surface area contributed by atoms with Gasteiger partial charge in [-0.3, -0.25) is 0 Å². The van der Waals surface area contributed by atoms with Crippen molar-refractivity contribution in [3.8, 4) is 0 Å². The van der Waals surface area contributed by atoms with Crippen molar-refractivity contribution < 1.29 is 4.21 Å². The van der Waals surface area contributed by atoms with E-state index in [-0.39, 0.29) is 0 Å². The lowest BCUT2D eigenvalue weighted by Crippen LogP contribution is -2.19. The molecule has 1 aromatic carbocycles. The summed E-state index contributed by atoms with van der Waals surface area (Å²) in [4.78, 5) is 0.675. The van der Waals surface area contributed by atoms with Gasteiger partial charge in [0.1, 0.15) is 11.0 Å². The topological polar surface area (TPSA) is 55.1 Å². The summed E-state index contributed by atoms with van der Waals surface area (Å²) in [5.41, 5.74) is 6.30. The molecule has 3 N–H and O–H groups in total. The molecule has 1 rings (SSSR count). The zero-order valence-electron chi connectivity index (χ0n) is 9.03. The molecule has 0 aliphatic rings. The van der Waals surface area contributed by atoms with Crippen LogP contribution in [0.25, 0.3) is 0 Å². The summed E-state index contributed by atoms with van der Waals surface area (Å²) in [6, 6.07) is 7.24. The van der Waals surface area contributed by atoms with Crippen molar-refractivity contribution in [1.29, 1.82) is 0 Å². The van der Waals surface area contributed by atoms with Gasteiger partial charge in [-0.2, -0.15) is 0 Å². The molecule has 0 spiro atoms. The van der Waals surface area contributed by atoms with Gasteiger partial charge >= 0.3 is 0 Å². The number of nitrogens with two attached hydrogens (primary N) is 1. The maximum absolute atomic E-state index is 11.7. The van der Waals surface area contributed by atoms with Gasteiger partial charge < -0.3 is 5.73 Å². The Balaban J connectivity index is 2.44. The van der Waals surface area contributed by atoms with Gasteiger partial charge in [0.2, 0.25) is 0 Å². The first-order chi connectivity index (χ1) is 7.25. The number of anilines is 1. The van der Waals surface area contributed by atoms with E-state index in [0.717, 1.165) is 19.4 Å². The largest absolute Gasteiger partial charge is 0.398 e. The molecule has 0 heterocycles. The van der Waals surface area contributed by atoms with Crippen molar-refractivity contribution in [3.05, 3.63) is 24.3 Å². The van der Waals surface area contributed by atoms with E-state index in [2.05, 4.69) is 11.6 Å². The molecule has 0 aromatic heterocycles. The minimum atomic E-state index is -1.17. The molecule has 0 radical (unpaired) electrons. The van der Waals surface area contributed by atoms with E-state index >= 15 is 0 Å². The van der Waals surface area contributed by atoms with Crippen molar-refractivity contribution in [2.45, 2.75) is 31.1 Å². The van der Waals surface area contributed by atoms with Gasteiger partial charge in [-0.15, -0.1) is 0 Å². The van der Waals surface area contributed by atoms with E-state index in [1.165, 1.54) is 6.42 Å². The highest BCUT2D eigenvalue weighted by molar-refractivity contribution is 7.83. The molecule has 84 valence electrons. The van der Waals surface area contributed by atoms with Gasteiger partial charge in [0.15, 0.2) is 0 Å².